The average Bonchev–Trinajstić information content (AvgIpc) is 1.27. The van der Waals surface area contributed by atoms with Gasteiger partial charge in [0.05, 0.1) is 16.9 Å². The minimum absolute atomic E-state index is 0.0113. The van der Waals surface area contributed by atoms with Crippen molar-refractivity contribution in [3.05, 3.63) is 222 Å². The summed E-state index contributed by atoms with van der Waals surface area (Å²) in [5.41, 5.74) is 27.4. The molecule has 0 bridgehead atoms. The first kappa shape index (κ1) is 57.5. The van der Waals surface area contributed by atoms with Gasteiger partial charge in [0, 0.05) is 50.7 Å². The molecule has 1 aliphatic carbocycles. The van der Waals surface area contributed by atoms with E-state index in [1.807, 2.05) is 0 Å². The molecule has 3 atom stereocenters. The van der Waals surface area contributed by atoms with Gasteiger partial charge in [-0.2, -0.15) is 0 Å². The molecule has 1 saturated carbocycles. The SMILES string of the molecule is CC(C)(C)c1ccc(N2c3cc(-c4ccccc4)ccc3B3c4ccc(C(C)(C)C)cc4N(c4ccc(C(C)(C)C)cc4-c4ccccc4)c4cc(N5c6ccc(C(C)(C)C)cc6C6(C)CC(C(C)(C)C)CCC56C)cc2c43)c(-c2ccccc2)c1. The van der Waals surface area contributed by atoms with E-state index in [1.54, 1.807) is 0 Å². The van der Waals surface area contributed by atoms with Crippen molar-refractivity contribution < 1.29 is 0 Å². The zero-order chi connectivity index (χ0) is 60.8. The molecule has 3 heterocycles. The Balaban J connectivity index is 1.21. The summed E-state index contributed by atoms with van der Waals surface area (Å²) in [7, 11) is 0. The van der Waals surface area contributed by atoms with Gasteiger partial charge in [0.15, 0.2) is 0 Å². The van der Waals surface area contributed by atoms with Crippen molar-refractivity contribution in [3.8, 4) is 33.4 Å². The second kappa shape index (κ2) is 20.0. The first-order valence-corrected chi connectivity index (χ1v) is 32.0. The van der Waals surface area contributed by atoms with E-state index in [2.05, 4.69) is 327 Å². The Labute approximate surface area is 516 Å². The number of hydrogen-bond donors (Lipinski definition) is 0. The first-order chi connectivity index (χ1) is 40.5. The maximum absolute atomic E-state index is 2.87. The fourth-order valence-corrected chi connectivity index (χ4v) is 15.4. The molecule has 3 nitrogen and oxygen atoms in total. The Morgan fingerprint density at radius 3 is 1.28 bits per heavy atom. The fourth-order valence-electron chi connectivity index (χ4n) is 15.4. The van der Waals surface area contributed by atoms with E-state index in [9.17, 15) is 0 Å². The smallest absolute Gasteiger partial charge is 0.252 e. The van der Waals surface area contributed by atoms with Crippen LogP contribution in [0.5, 0.6) is 0 Å². The summed E-state index contributed by atoms with van der Waals surface area (Å²) in [6.45, 7) is 41.0. The highest BCUT2D eigenvalue weighted by atomic mass is 15.3. The minimum atomic E-state index is -0.254. The van der Waals surface area contributed by atoms with Crippen molar-refractivity contribution >= 4 is 68.6 Å². The topological polar surface area (TPSA) is 9.72 Å². The van der Waals surface area contributed by atoms with Crippen molar-refractivity contribution in [2.75, 3.05) is 14.7 Å². The van der Waals surface area contributed by atoms with Gasteiger partial charge in [0.1, 0.15) is 0 Å². The van der Waals surface area contributed by atoms with E-state index in [-0.39, 0.29) is 44.7 Å². The molecule has 86 heavy (non-hydrogen) atoms. The molecule has 3 unspecified atom stereocenters. The quantitative estimate of drug-likeness (QED) is 0.154. The molecule has 4 aliphatic rings. The maximum atomic E-state index is 2.87. The van der Waals surface area contributed by atoms with Gasteiger partial charge in [-0.15, -0.1) is 0 Å². The Morgan fingerprint density at radius 1 is 0.384 bits per heavy atom. The third-order valence-corrected chi connectivity index (χ3v) is 20.9. The fraction of sp³-hybridized carbons (Fsp3) is 0.341. The lowest BCUT2D eigenvalue weighted by Gasteiger charge is -2.55. The van der Waals surface area contributed by atoms with Gasteiger partial charge in [-0.05, 0) is 180 Å². The van der Waals surface area contributed by atoms with E-state index in [0.717, 1.165) is 12.8 Å². The zero-order valence-corrected chi connectivity index (χ0v) is 54.6. The third kappa shape index (κ3) is 9.37. The second-order valence-corrected chi connectivity index (χ2v) is 31.6. The summed E-state index contributed by atoms with van der Waals surface area (Å²) in [5.74, 6) is 0.576. The number of anilines is 8. The van der Waals surface area contributed by atoms with Crippen LogP contribution in [0.25, 0.3) is 33.4 Å². The maximum Gasteiger partial charge on any atom is 0.252 e. The van der Waals surface area contributed by atoms with Gasteiger partial charge < -0.3 is 14.7 Å². The van der Waals surface area contributed by atoms with Gasteiger partial charge in [-0.3, -0.25) is 0 Å². The van der Waals surface area contributed by atoms with Crippen molar-refractivity contribution in [1.82, 2.24) is 0 Å². The molecule has 0 saturated heterocycles. The van der Waals surface area contributed by atoms with Crippen LogP contribution in [-0.4, -0.2) is 12.3 Å². The first-order valence-electron chi connectivity index (χ1n) is 32.0. The lowest BCUT2D eigenvalue weighted by molar-refractivity contribution is 0.0786. The van der Waals surface area contributed by atoms with E-state index >= 15 is 0 Å². The number of benzene rings is 9. The molecule has 3 aliphatic heterocycles. The lowest BCUT2D eigenvalue weighted by Crippen LogP contribution is -2.61. The predicted octanol–water partition coefficient (Wildman–Crippen LogP) is 21.0. The van der Waals surface area contributed by atoms with E-state index in [1.165, 1.54) is 130 Å². The summed E-state index contributed by atoms with van der Waals surface area (Å²) < 4.78 is 0. The summed E-state index contributed by atoms with van der Waals surface area (Å²) in [5, 5.41) is 0. The Bertz CT molecular complexity index is 4100. The molecule has 1 fully saturated rings. The number of fused-ring (bicyclic) bond motifs is 7. The second-order valence-electron chi connectivity index (χ2n) is 31.6. The molecule has 0 amide bonds. The highest BCUT2D eigenvalue weighted by Gasteiger charge is 2.61. The molecular weight excluding hydrogens is 1040 g/mol. The van der Waals surface area contributed by atoms with Gasteiger partial charge in [-0.25, -0.2) is 0 Å². The molecule has 9 aromatic carbocycles. The standard InChI is InChI=1S/C82H90BN3/c1-76(2,3)57-35-40-68(63(46-57)54-29-23-19-24-30-54)84-71-45-56(53-27-21-18-22-28-53)33-38-66(71)83-67-39-34-60(79(10,11)12)49-72(67)85(69-41-36-58(77(4,5)6)47-64(69)55-31-25-20-26-32-55)74-51-62(50-73(84)75(74)83)86-70-42-37-59(78(7,8)9)48-65(70)81(16)52-61(80(13,14)15)43-44-82(81,86)17/h18-42,45-51,61H,43-44,52H2,1-17H3. The van der Waals surface area contributed by atoms with Gasteiger partial charge in [0.2, 0.25) is 0 Å². The van der Waals surface area contributed by atoms with Crippen molar-refractivity contribution in [2.24, 2.45) is 11.3 Å². The monoisotopic (exact) mass is 1130 g/mol. The third-order valence-electron chi connectivity index (χ3n) is 20.9. The number of nitrogens with zero attached hydrogens (tertiary/aromatic N) is 3. The number of hydrogen-bond acceptors (Lipinski definition) is 3. The summed E-state index contributed by atoms with van der Waals surface area (Å²) >= 11 is 0. The molecular formula is C82H90BN3. The van der Waals surface area contributed by atoms with Crippen LogP contribution >= 0.6 is 0 Å². The highest BCUT2D eigenvalue weighted by Crippen LogP contribution is 2.65. The van der Waals surface area contributed by atoms with Gasteiger partial charge >= 0.3 is 0 Å². The van der Waals surface area contributed by atoms with E-state index in [4.69, 9.17) is 0 Å². The van der Waals surface area contributed by atoms with Crippen LogP contribution < -0.4 is 31.1 Å². The largest absolute Gasteiger partial charge is 0.334 e. The van der Waals surface area contributed by atoms with Crippen LogP contribution in [0.3, 0.4) is 0 Å². The lowest BCUT2D eigenvalue weighted by atomic mass is 9.33. The van der Waals surface area contributed by atoms with Crippen LogP contribution in [0.2, 0.25) is 0 Å². The summed E-state index contributed by atoms with van der Waals surface area (Å²) in [6, 6.07) is 75.9. The van der Waals surface area contributed by atoms with Gasteiger partial charge in [0.25, 0.3) is 6.71 Å². The zero-order valence-electron chi connectivity index (χ0n) is 54.6. The Morgan fingerprint density at radius 2 is 0.802 bits per heavy atom. The molecule has 0 aromatic heterocycles. The number of rotatable bonds is 6. The van der Waals surface area contributed by atoms with Crippen LogP contribution in [0.15, 0.2) is 194 Å². The van der Waals surface area contributed by atoms with Crippen LogP contribution in [0.4, 0.5) is 45.5 Å². The molecule has 0 radical (unpaired) electrons. The van der Waals surface area contributed by atoms with E-state index in [0.29, 0.717) is 5.92 Å². The summed E-state index contributed by atoms with van der Waals surface area (Å²) in [6.07, 6.45) is 3.37. The molecule has 4 heteroatoms. The Kier molecular flexibility index (Phi) is 13.4. The van der Waals surface area contributed by atoms with Crippen LogP contribution in [0.1, 0.15) is 165 Å². The molecule has 436 valence electrons. The average molecular weight is 1130 g/mol. The molecule has 13 rings (SSSR count). The van der Waals surface area contributed by atoms with Gasteiger partial charge in [-0.1, -0.05) is 250 Å². The predicted molar refractivity (Wildman–Crippen MR) is 373 cm³/mol. The summed E-state index contributed by atoms with van der Waals surface area (Å²) in [4.78, 5) is 8.30. The highest BCUT2D eigenvalue weighted by molar-refractivity contribution is 7.00. The molecule has 0 N–H and O–H groups in total. The minimum Gasteiger partial charge on any atom is -0.334 e. The van der Waals surface area contributed by atoms with Crippen molar-refractivity contribution in [3.63, 3.8) is 0 Å². The molecule has 0 spiro atoms. The van der Waals surface area contributed by atoms with E-state index < -0.39 is 0 Å². The van der Waals surface area contributed by atoms with Crippen LogP contribution in [0, 0.1) is 11.3 Å². The molecule has 9 aromatic rings. The normalized spacial score (nSPS) is 19.2. The Hall–Kier alpha value is -7.56. The van der Waals surface area contributed by atoms with Crippen LogP contribution in [-0.2, 0) is 27.1 Å². The van der Waals surface area contributed by atoms with Crippen molar-refractivity contribution in [1.29, 1.82) is 0 Å². The van der Waals surface area contributed by atoms with Crippen molar-refractivity contribution in [2.45, 2.75) is 170 Å².